The Bertz CT molecular complexity index is 1110. The van der Waals surface area contributed by atoms with Gasteiger partial charge in [0, 0.05) is 11.3 Å². The van der Waals surface area contributed by atoms with Gasteiger partial charge in [0.2, 0.25) is 0 Å². The number of rotatable bonds is 7. The number of hydrogen-bond acceptors (Lipinski definition) is 1. The second kappa shape index (κ2) is 9.99. The molecule has 1 heterocycles. The van der Waals surface area contributed by atoms with Crippen molar-refractivity contribution in [2.75, 3.05) is 0 Å². The molecule has 0 radical (unpaired) electrons. The number of nitrogens with zero attached hydrogens (tertiary/aromatic N) is 2. The van der Waals surface area contributed by atoms with Crippen LogP contribution >= 0.6 is 0 Å². The molecule has 1 saturated carbocycles. The predicted molar refractivity (Wildman–Crippen MR) is 133 cm³/mol. The van der Waals surface area contributed by atoms with E-state index in [9.17, 15) is 0 Å². The van der Waals surface area contributed by atoms with Gasteiger partial charge in [-0.25, -0.2) is 4.98 Å². The predicted octanol–water partition coefficient (Wildman–Crippen LogP) is 7.84. The van der Waals surface area contributed by atoms with Gasteiger partial charge in [-0.1, -0.05) is 105 Å². The van der Waals surface area contributed by atoms with Gasteiger partial charge >= 0.3 is 0 Å². The van der Waals surface area contributed by atoms with Gasteiger partial charge in [-0.3, -0.25) is 4.57 Å². The number of aromatic nitrogens is 2. The minimum atomic E-state index is 0.550. The van der Waals surface area contributed by atoms with Crippen LogP contribution in [0, 0.1) is 5.92 Å². The van der Waals surface area contributed by atoms with Gasteiger partial charge in [0.1, 0.15) is 0 Å². The molecule has 1 aliphatic rings. The standard InChI is InChI=1S/C30H32N2/c1-4-12-24(13-5-1)20-27(25-14-6-2-7-15-25)21-26-16-10-11-19-29(26)30-22-31-23-32(30)28-17-8-3-9-18-28/h2-3,6-11,14-19,22-24,27H,1,4-5,12-13,20-21H2. The normalized spacial score (nSPS) is 15.5. The first-order valence-corrected chi connectivity index (χ1v) is 12.1. The molecule has 5 rings (SSSR count). The van der Waals surface area contributed by atoms with E-state index in [-0.39, 0.29) is 0 Å². The zero-order valence-corrected chi connectivity index (χ0v) is 18.7. The zero-order valence-electron chi connectivity index (χ0n) is 18.7. The molecule has 1 aliphatic carbocycles. The number of hydrogen-bond donors (Lipinski definition) is 0. The molecule has 0 saturated heterocycles. The van der Waals surface area contributed by atoms with E-state index >= 15 is 0 Å². The molecule has 4 aromatic rings. The van der Waals surface area contributed by atoms with Crippen LogP contribution in [0.1, 0.15) is 55.6 Å². The molecule has 0 aliphatic heterocycles. The zero-order chi connectivity index (χ0) is 21.6. The number of imidazole rings is 1. The van der Waals surface area contributed by atoms with Gasteiger partial charge in [-0.05, 0) is 47.9 Å². The fourth-order valence-electron chi connectivity index (χ4n) is 5.39. The van der Waals surface area contributed by atoms with E-state index in [0.29, 0.717) is 5.92 Å². The third kappa shape index (κ3) is 4.70. The summed E-state index contributed by atoms with van der Waals surface area (Å²) in [6, 6.07) is 30.6. The first-order valence-electron chi connectivity index (χ1n) is 12.1. The first kappa shape index (κ1) is 20.8. The fourth-order valence-corrected chi connectivity index (χ4v) is 5.39. The SMILES string of the molecule is c1ccc(C(Cc2ccccc2-c2cncn2-c2ccccc2)CC2CCCCC2)cc1. The van der Waals surface area contributed by atoms with E-state index in [2.05, 4.69) is 94.5 Å². The smallest absolute Gasteiger partial charge is 0.0997 e. The molecular weight excluding hydrogens is 388 g/mol. The maximum absolute atomic E-state index is 4.51. The molecule has 1 aromatic heterocycles. The van der Waals surface area contributed by atoms with Crippen molar-refractivity contribution in [3.05, 3.63) is 109 Å². The lowest BCUT2D eigenvalue weighted by Gasteiger charge is -2.27. The highest BCUT2D eigenvalue weighted by Crippen LogP contribution is 2.37. The number of para-hydroxylation sites is 1. The summed E-state index contributed by atoms with van der Waals surface area (Å²) in [5, 5.41) is 0. The van der Waals surface area contributed by atoms with E-state index in [0.717, 1.165) is 23.7 Å². The van der Waals surface area contributed by atoms with Crippen LogP contribution in [0.4, 0.5) is 0 Å². The van der Waals surface area contributed by atoms with Crippen LogP contribution in [-0.4, -0.2) is 9.55 Å². The Kier molecular flexibility index (Phi) is 6.48. The van der Waals surface area contributed by atoms with Gasteiger partial charge in [-0.2, -0.15) is 0 Å². The lowest BCUT2D eigenvalue weighted by Crippen LogP contribution is -2.14. The van der Waals surface area contributed by atoms with Crippen molar-refractivity contribution in [1.29, 1.82) is 0 Å². The Balaban J connectivity index is 1.48. The molecule has 2 heteroatoms. The topological polar surface area (TPSA) is 17.8 Å². The van der Waals surface area contributed by atoms with Gasteiger partial charge in [-0.15, -0.1) is 0 Å². The largest absolute Gasteiger partial charge is 0.299 e. The molecule has 162 valence electrons. The molecular formula is C30H32N2. The lowest BCUT2D eigenvalue weighted by atomic mass is 9.78. The van der Waals surface area contributed by atoms with Crippen molar-refractivity contribution in [3.8, 4) is 16.9 Å². The fraction of sp³-hybridized carbons (Fsp3) is 0.300. The average molecular weight is 421 g/mol. The molecule has 0 N–H and O–H groups in total. The maximum atomic E-state index is 4.51. The molecule has 1 fully saturated rings. The maximum Gasteiger partial charge on any atom is 0.0997 e. The summed E-state index contributed by atoms with van der Waals surface area (Å²) in [6.07, 6.45) is 13.3. The van der Waals surface area contributed by atoms with E-state index in [1.165, 1.54) is 55.2 Å². The van der Waals surface area contributed by atoms with Crippen LogP contribution in [0.5, 0.6) is 0 Å². The Morgan fingerprint density at radius 1 is 0.781 bits per heavy atom. The third-order valence-corrected chi connectivity index (χ3v) is 7.05. The molecule has 2 nitrogen and oxygen atoms in total. The molecule has 1 atom stereocenters. The second-order valence-corrected chi connectivity index (χ2v) is 9.19. The molecule has 0 spiro atoms. The Labute approximate surface area is 192 Å². The van der Waals surface area contributed by atoms with Gasteiger partial charge in [0.15, 0.2) is 0 Å². The van der Waals surface area contributed by atoms with Gasteiger partial charge in [0.25, 0.3) is 0 Å². The summed E-state index contributed by atoms with van der Waals surface area (Å²) in [6.45, 7) is 0. The minimum absolute atomic E-state index is 0.550. The van der Waals surface area contributed by atoms with Gasteiger partial charge in [0.05, 0.1) is 18.2 Å². The Hall–Kier alpha value is -3.13. The van der Waals surface area contributed by atoms with Crippen molar-refractivity contribution in [2.24, 2.45) is 5.92 Å². The molecule has 0 amide bonds. The average Bonchev–Trinajstić information content (AvgIpc) is 3.36. The summed E-state index contributed by atoms with van der Waals surface area (Å²) < 4.78 is 2.21. The Morgan fingerprint density at radius 3 is 2.25 bits per heavy atom. The van der Waals surface area contributed by atoms with Crippen LogP contribution in [0.25, 0.3) is 16.9 Å². The van der Waals surface area contributed by atoms with Crippen molar-refractivity contribution < 1.29 is 0 Å². The monoisotopic (exact) mass is 420 g/mol. The van der Waals surface area contributed by atoms with Crippen LogP contribution in [0.15, 0.2) is 97.5 Å². The van der Waals surface area contributed by atoms with Crippen molar-refractivity contribution in [3.63, 3.8) is 0 Å². The summed E-state index contributed by atoms with van der Waals surface area (Å²) in [5.41, 5.74) is 6.49. The highest BCUT2D eigenvalue weighted by molar-refractivity contribution is 5.66. The van der Waals surface area contributed by atoms with Crippen molar-refractivity contribution in [2.45, 2.75) is 50.9 Å². The van der Waals surface area contributed by atoms with E-state index in [4.69, 9.17) is 0 Å². The highest BCUT2D eigenvalue weighted by Gasteiger charge is 2.22. The van der Waals surface area contributed by atoms with E-state index in [1.54, 1.807) is 0 Å². The summed E-state index contributed by atoms with van der Waals surface area (Å²) in [7, 11) is 0. The van der Waals surface area contributed by atoms with Crippen LogP contribution in [0.3, 0.4) is 0 Å². The third-order valence-electron chi connectivity index (χ3n) is 7.05. The molecule has 32 heavy (non-hydrogen) atoms. The lowest BCUT2D eigenvalue weighted by molar-refractivity contribution is 0.316. The minimum Gasteiger partial charge on any atom is -0.299 e. The molecule has 3 aromatic carbocycles. The van der Waals surface area contributed by atoms with Crippen LogP contribution < -0.4 is 0 Å². The van der Waals surface area contributed by atoms with E-state index in [1.807, 2.05) is 12.5 Å². The Morgan fingerprint density at radius 2 is 1.47 bits per heavy atom. The van der Waals surface area contributed by atoms with Gasteiger partial charge < -0.3 is 0 Å². The molecule has 0 bridgehead atoms. The highest BCUT2D eigenvalue weighted by atomic mass is 15.0. The van der Waals surface area contributed by atoms with Crippen LogP contribution in [0.2, 0.25) is 0 Å². The summed E-state index contributed by atoms with van der Waals surface area (Å²) in [5.74, 6) is 1.41. The summed E-state index contributed by atoms with van der Waals surface area (Å²) in [4.78, 5) is 4.51. The van der Waals surface area contributed by atoms with Crippen molar-refractivity contribution >= 4 is 0 Å². The molecule has 1 unspecified atom stereocenters. The van der Waals surface area contributed by atoms with Crippen molar-refractivity contribution in [1.82, 2.24) is 9.55 Å². The van der Waals surface area contributed by atoms with Crippen LogP contribution in [-0.2, 0) is 6.42 Å². The summed E-state index contributed by atoms with van der Waals surface area (Å²) >= 11 is 0. The second-order valence-electron chi connectivity index (χ2n) is 9.19. The quantitative estimate of drug-likeness (QED) is 0.298. The number of benzene rings is 3. The first-order chi connectivity index (χ1) is 15.9. The van der Waals surface area contributed by atoms with E-state index < -0.39 is 0 Å².